The van der Waals surface area contributed by atoms with E-state index in [1.807, 2.05) is 0 Å². The molecule has 0 bridgehead atoms. The van der Waals surface area contributed by atoms with Crippen LogP contribution < -0.4 is 9.47 Å². The third-order valence-corrected chi connectivity index (χ3v) is 2.84. The highest BCUT2D eigenvalue weighted by Gasteiger charge is 2.24. The Balaban J connectivity index is 2.59. The van der Waals surface area contributed by atoms with Crippen LogP contribution in [0.5, 0.6) is 11.5 Å². The van der Waals surface area contributed by atoms with Crippen LogP contribution in [0.25, 0.3) is 0 Å². The van der Waals surface area contributed by atoms with E-state index in [1.165, 1.54) is 6.92 Å². The first-order chi connectivity index (χ1) is 7.11. The average Bonchev–Trinajstić information content (AvgIpc) is 2.17. The van der Waals surface area contributed by atoms with Gasteiger partial charge in [-0.15, -0.1) is 0 Å². The normalized spacial score (nSPS) is 16.3. The lowest BCUT2D eigenvalue weighted by molar-refractivity contribution is 0.157. The number of aliphatic hydroxyl groups excluding tert-OH is 1. The van der Waals surface area contributed by atoms with Crippen LogP contribution in [-0.4, -0.2) is 18.3 Å². The van der Waals surface area contributed by atoms with Gasteiger partial charge >= 0.3 is 0 Å². The molecule has 15 heavy (non-hydrogen) atoms. The largest absolute Gasteiger partial charge is 0.486 e. The van der Waals surface area contributed by atoms with Gasteiger partial charge in [0.1, 0.15) is 13.2 Å². The van der Waals surface area contributed by atoms with Gasteiger partial charge in [0.2, 0.25) is 0 Å². The molecule has 3 nitrogen and oxygen atoms in total. The van der Waals surface area contributed by atoms with Gasteiger partial charge in [0.25, 0.3) is 0 Å². The van der Waals surface area contributed by atoms with Crippen LogP contribution in [0.15, 0.2) is 10.5 Å². The van der Waals surface area contributed by atoms with Gasteiger partial charge in [-0.1, -0.05) is 15.9 Å². The molecule has 1 aliphatic rings. The highest BCUT2D eigenvalue weighted by molar-refractivity contribution is 9.10. The third kappa shape index (κ3) is 1.81. The Kier molecular flexibility index (Phi) is 2.84. The van der Waals surface area contributed by atoms with E-state index in [1.54, 1.807) is 6.07 Å². The molecular weight excluding hydrogens is 267 g/mol. The summed E-state index contributed by atoms with van der Waals surface area (Å²) >= 11 is 3.19. The topological polar surface area (TPSA) is 38.7 Å². The maximum absolute atomic E-state index is 13.9. The minimum absolute atomic E-state index is 0.0837. The maximum atomic E-state index is 13.9. The zero-order valence-corrected chi connectivity index (χ0v) is 9.67. The summed E-state index contributed by atoms with van der Waals surface area (Å²) in [7, 11) is 0. The van der Waals surface area contributed by atoms with Crippen LogP contribution in [0.3, 0.4) is 0 Å². The Morgan fingerprint density at radius 3 is 2.80 bits per heavy atom. The quantitative estimate of drug-likeness (QED) is 0.856. The number of aliphatic hydroxyl groups is 1. The average molecular weight is 277 g/mol. The predicted octanol–water partition coefficient (Wildman–Crippen LogP) is 2.41. The summed E-state index contributed by atoms with van der Waals surface area (Å²) in [6.07, 6.45) is -0.893. The highest BCUT2D eigenvalue weighted by Crippen LogP contribution is 2.40. The fraction of sp³-hybridized carbons (Fsp3) is 0.400. The van der Waals surface area contributed by atoms with Crippen LogP contribution in [-0.2, 0) is 0 Å². The van der Waals surface area contributed by atoms with Gasteiger partial charge in [-0.25, -0.2) is 4.39 Å². The first-order valence-corrected chi connectivity index (χ1v) is 5.36. The molecule has 0 saturated carbocycles. The molecule has 1 aromatic carbocycles. The molecule has 0 radical (unpaired) electrons. The summed E-state index contributed by atoms with van der Waals surface area (Å²) in [5.74, 6) is -0.107. The highest BCUT2D eigenvalue weighted by atomic mass is 79.9. The molecular formula is C10H10BrFO3. The molecule has 0 fully saturated rings. The molecule has 2 rings (SSSR count). The predicted molar refractivity (Wildman–Crippen MR) is 55.7 cm³/mol. The Labute approximate surface area is 94.9 Å². The van der Waals surface area contributed by atoms with Crippen molar-refractivity contribution in [1.82, 2.24) is 0 Å². The number of rotatable bonds is 1. The first kappa shape index (κ1) is 10.7. The van der Waals surface area contributed by atoms with Crippen molar-refractivity contribution in [3.8, 4) is 11.5 Å². The summed E-state index contributed by atoms with van der Waals surface area (Å²) < 4.78 is 24.8. The summed E-state index contributed by atoms with van der Waals surface area (Å²) in [5, 5.41) is 9.42. The van der Waals surface area contributed by atoms with Crippen molar-refractivity contribution in [2.75, 3.05) is 13.2 Å². The third-order valence-electron chi connectivity index (χ3n) is 2.18. The molecule has 0 aromatic heterocycles. The number of fused-ring (bicyclic) bond motifs is 1. The second-order valence-electron chi connectivity index (χ2n) is 3.29. The van der Waals surface area contributed by atoms with Crippen molar-refractivity contribution >= 4 is 15.9 Å². The molecule has 0 amide bonds. The van der Waals surface area contributed by atoms with Gasteiger partial charge in [-0.05, 0) is 13.0 Å². The second-order valence-corrected chi connectivity index (χ2v) is 4.14. The Morgan fingerprint density at radius 1 is 1.47 bits per heavy atom. The van der Waals surface area contributed by atoms with Crippen molar-refractivity contribution in [2.45, 2.75) is 13.0 Å². The molecule has 0 saturated heterocycles. The fourth-order valence-electron chi connectivity index (χ4n) is 1.51. The zero-order valence-electron chi connectivity index (χ0n) is 8.09. The van der Waals surface area contributed by atoms with Gasteiger partial charge in [0.05, 0.1) is 6.10 Å². The van der Waals surface area contributed by atoms with E-state index >= 15 is 0 Å². The van der Waals surface area contributed by atoms with E-state index in [0.29, 0.717) is 23.4 Å². The molecule has 1 aromatic rings. The maximum Gasteiger partial charge on any atom is 0.197 e. The molecule has 82 valence electrons. The lowest BCUT2D eigenvalue weighted by Gasteiger charge is -2.21. The van der Waals surface area contributed by atoms with Crippen molar-refractivity contribution in [3.63, 3.8) is 0 Å². The smallest absolute Gasteiger partial charge is 0.197 e. The fourth-order valence-corrected chi connectivity index (χ4v) is 2.23. The second kappa shape index (κ2) is 3.98. The van der Waals surface area contributed by atoms with E-state index in [4.69, 9.17) is 9.47 Å². The Morgan fingerprint density at radius 2 is 2.13 bits per heavy atom. The number of halogens is 2. The molecule has 1 N–H and O–H groups in total. The van der Waals surface area contributed by atoms with E-state index in [0.717, 1.165) is 0 Å². The molecule has 5 heteroatoms. The standard InChI is InChI=1S/C10H10BrFO3/c1-5(13)8-6(11)4-7-10(9(8)12)15-3-2-14-7/h4-5,13H,2-3H2,1H3. The van der Waals surface area contributed by atoms with Crippen LogP contribution in [0.2, 0.25) is 0 Å². The van der Waals surface area contributed by atoms with Crippen molar-refractivity contribution in [3.05, 3.63) is 21.9 Å². The zero-order chi connectivity index (χ0) is 11.0. The van der Waals surface area contributed by atoms with Gasteiger partial charge in [0.15, 0.2) is 17.3 Å². The van der Waals surface area contributed by atoms with Crippen molar-refractivity contribution in [1.29, 1.82) is 0 Å². The van der Waals surface area contributed by atoms with Gasteiger partial charge in [0, 0.05) is 10.0 Å². The lowest BCUT2D eigenvalue weighted by Crippen LogP contribution is -2.17. The summed E-state index contributed by atoms with van der Waals surface area (Å²) in [6.45, 7) is 2.23. The van der Waals surface area contributed by atoms with Crippen LogP contribution in [0.4, 0.5) is 4.39 Å². The minimum atomic E-state index is -0.893. The Hall–Kier alpha value is -0.810. The van der Waals surface area contributed by atoms with Crippen LogP contribution >= 0.6 is 15.9 Å². The summed E-state index contributed by atoms with van der Waals surface area (Å²) in [6, 6.07) is 1.61. The molecule has 1 unspecified atom stereocenters. The lowest BCUT2D eigenvalue weighted by atomic mass is 10.1. The Bertz CT molecular complexity index is 393. The van der Waals surface area contributed by atoms with Crippen molar-refractivity contribution in [2.24, 2.45) is 0 Å². The minimum Gasteiger partial charge on any atom is -0.486 e. The molecule has 1 atom stereocenters. The number of ether oxygens (including phenoxy) is 2. The number of hydrogen-bond acceptors (Lipinski definition) is 3. The van der Waals surface area contributed by atoms with Gasteiger partial charge in [-0.2, -0.15) is 0 Å². The SMILES string of the molecule is CC(O)c1c(Br)cc2c(c1F)OCCO2. The number of hydrogen-bond donors (Lipinski definition) is 1. The van der Waals surface area contributed by atoms with E-state index in [-0.39, 0.29) is 11.3 Å². The van der Waals surface area contributed by atoms with E-state index in [2.05, 4.69) is 15.9 Å². The number of benzene rings is 1. The van der Waals surface area contributed by atoms with E-state index < -0.39 is 11.9 Å². The molecule has 0 spiro atoms. The van der Waals surface area contributed by atoms with Gasteiger partial charge in [-0.3, -0.25) is 0 Å². The first-order valence-electron chi connectivity index (χ1n) is 4.57. The summed E-state index contributed by atoms with van der Waals surface area (Å²) in [5.41, 5.74) is 0.194. The summed E-state index contributed by atoms with van der Waals surface area (Å²) in [4.78, 5) is 0. The molecule has 0 aliphatic carbocycles. The molecule has 1 aliphatic heterocycles. The van der Waals surface area contributed by atoms with Crippen molar-refractivity contribution < 1.29 is 19.0 Å². The van der Waals surface area contributed by atoms with Gasteiger partial charge < -0.3 is 14.6 Å². The molecule has 1 heterocycles. The van der Waals surface area contributed by atoms with Crippen LogP contribution in [0.1, 0.15) is 18.6 Å². The van der Waals surface area contributed by atoms with E-state index in [9.17, 15) is 9.50 Å². The monoisotopic (exact) mass is 276 g/mol. The van der Waals surface area contributed by atoms with Crippen LogP contribution in [0, 0.1) is 5.82 Å².